The molecule has 0 spiro atoms. The van der Waals surface area contributed by atoms with Gasteiger partial charge in [0.15, 0.2) is 5.69 Å². The van der Waals surface area contributed by atoms with Crippen molar-refractivity contribution in [3.63, 3.8) is 0 Å². The van der Waals surface area contributed by atoms with Crippen LogP contribution in [0.25, 0.3) is 5.52 Å². The molecule has 2 aromatic rings. The number of carbonyl (C=O) groups excluding carboxylic acids is 1. The van der Waals surface area contributed by atoms with Crippen LogP contribution in [0.2, 0.25) is 0 Å². The van der Waals surface area contributed by atoms with Crippen molar-refractivity contribution >= 4 is 11.5 Å². The predicted molar refractivity (Wildman–Crippen MR) is 51.3 cm³/mol. The third-order valence-electron chi connectivity index (χ3n) is 2.06. The number of nitrogens with zero attached hydrogens (tertiary/aromatic N) is 2. The van der Waals surface area contributed by atoms with Gasteiger partial charge >= 0.3 is 5.97 Å². The highest BCUT2D eigenvalue weighted by Crippen LogP contribution is 2.11. The zero-order valence-electron chi connectivity index (χ0n) is 8.02. The number of aromatic nitrogens is 2. The van der Waals surface area contributed by atoms with E-state index in [0.717, 1.165) is 11.1 Å². The third-order valence-corrected chi connectivity index (χ3v) is 2.06. The van der Waals surface area contributed by atoms with Crippen molar-refractivity contribution in [1.82, 2.24) is 9.38 Å². The Morgan fingerprint density at radius 3 is 3.00 bits per heavy atom. The monoisotopic (exact) mass is 190 g/mol. The van der Waals surface area contributed by atoms with Gasteiger partial charge in [0.2, 0.25) is 0 Å². The Hall–Kier alpha value is -1.84. The summed E-state index contributed by atoms with van der Waals surface area (Å²) in [5.41, 5.74) is 2.24. The van der Waals surface area contributed by atoms with E-state index in [1.54, 1.807) is 6.33 Å². The van der Waals surface area contributed by atoms with E-state index in [0.29, 0.717) is 5.69 Å². The van der Waals surface area contributed by atoms with Gasteiger partial charge in [-0.25, -0.2) is 9.78 Å². The first-order valence-electron chi connectivity index (χ1n) is 4.24. The molecule has 2 aromatic heterocycles. The van der Waals surface area contributed by atoms with Gasteiger partial charge < -0.3 is 9.14 Å². The molecule has 14 heavy (non-hydrogen) atoms. The molecule has 0 aliphatic rings. The summed E-state index contributed by atoms with van der Waals surface area (Å²) in [6.45, 7) is 1.98. The summed E-state index contributed by atoms with van der Waals surface area (Å²) < 4.78 is 6.43. The molecule has 0 aliphatic heterocycles. The summed E-state index contributed by atoms with van der Waals surface area (Å²) in [4.78, 5) is 15.3. The van der Waals surface area contributed by atoms with Gasteiger partial charge in [0.05, 0.1) is 12.6 Å². The molecule has 4 nitrogen and oxygen atoms in total. The normalized spacial score (nSPS) is 10.4. The Balaban J connectivity index is 2.64. The lowest BCUT2D eigenvalue weighted by atomic mass is 10.2. The number of ether oxygens (including phenoxy) is 1. The molecular formula is C10H10N2O2. The summed E-state index contributed by atoms with van der Waals surface area (Å²) in [6.07, 6.45) is 3.52. The first kappa shape index (κ1) is 8.74. The van der Waals surface area contributed by atoms with Crippen LogP contribution in [-0.2, 0) is 4.74 Å². The van der Waals surface area contributed by atoms with Crippen molar-refractivity contribution in [1.29, 1.82) is 0 Å². The highest BCUT2D eigenvalue weighted by molar-refractivity contribution is 5.94. The fourth-order valence-corrected chi connectivity index (χ4v) is 1.37. The average molecular weight is 190 g/mol. The smallest absolute Gasteiger partial charge is 0.358 e. The minimum absolute atomic E-state index is 0.354. The van der Waals surface area contributed by atoms with E-state index in [2.05, 4.69) is 9.72 Å². The quantitative estimate of drug-likeness (QED) is 0.639. The third kappa shape index (κ3) is 1.25. The Bertz CT molecular complexity index is 488. The molecule has 0 unspecified atom stereocenters. The van der Waals surface area contributed by atoms with Crippen LogP contribution in [-0.4, -0.2) is 22.5 Å². The number of imidazole rings is 1. The van der Waals surface area contributed by atoms with Crippen molar-refractivity contribution in [2.24, 2.45) is 0 Å². The second-order valence-corrected chi connectivity index (χ2v) is 3.08. The first-order valence-corrected chi connectivity index (χ1v) is 4.24. The zero-order valence-corrected chi connectivity index (χ0v) is 8.02. The second-order valence-electron chi connectivity index (χ2n) is 3.08. The van der Waals surface area contributed by atoms with Crippen molar-refractivity contribution < 1.29 is 9.53 Å². The molecule has 0 atom stereocenters. The number of hydrogen-bond acceptors (Lipinski definition) is 3. The molecule has 0 fully saturated rings. The van der Waals surface area contributed by atoms with E-state index in [-0.39, 0.29) is 0 Å². The van der Waals surface area contributed by atoms with Crippen LogP contribution < -0.4 is 0 Å². The lowest BCUT2D eigenvalue weighted by Gasteiger charge is -1.97. The highest BCUT2D eigenvalue weighted by atomic mass is 16.5. The maximum atomic E-state index is 11.3. The van der Waals surface area contributed by atoms with Gasteiger partial charge in [-0.15, -0.1) is 0 Å². The average Bonchev–Trinajstić information content (AvgIpc) is 2.59. The minimum atomic E-state index is -0.406. The number of esters is 1. The van der Waals surface area contributed by atoms with Crippen LogP contribution in [0.4, 0.5) is 0 Å². The molecule has 0 bridgehead atoms. The maximum Gasteiger partial charge on any atom is 0.358 e. The van der Waals surface area contributed by atoms with E-state index < -0.39 is 5.97 Å². The van der Waals surface area contributed by atoms with E-state index in [1.807, 2.05) is 29.7 Å². The van der Waals surface area contributed by atoms with E-state index in [4.69, 9.17) is 0 Å². The maximum absolute atomic E-state index is 11.3. The molecule has 2 rings (SSSR count). The molecule has 4 heteroatoms. The number of pyridine rings is 1. The Labute approximate surface area is 81.1 Å². The van der Waals surface area contributed by atoms with E-state index in [9.17, 15) is 4.79 Å². The number of hydrogen-bond donors (Lipinski definition) is 0. The van der Waals surface area contributed by atoms with Crippen molar-refractivity contribution in [2.45, 2.75) is 6.92 Å². The van der Waals surface area contributed by atoms with E-state index in [1.165, 1.54) is 7.11 Å². The standard InChI is InChI=1S/C10H10N2O2/c1-7-3-4-8-9(10(13)14-2)11-6-12(8)5-7/h3-6H,1-2H3. The van der Waals surface area contributed by atoms with Gasteiger partial charge in [-0.3, -0.25) is 0 Å². The van der Waals surface area contributed by atoms with Gasteiger partial charge in [-0.05, 0) is 18.6 Å². The summed E-state index contributed by atoms with van der Waals surface area (Å²) in [7, 11) is 1.35. The molecule has 2 heterocycles. The topological polar surface area (TPSA) is 43.6 Å². The van der Waals surface area contributed by atoms with Gasteiger partial charge in [-0.2, -0.15) is 0 Å². The van der Waals surface area contributed by atoms with Crippen LogP contribution in [0.15, 0.2) is 24.7 Å². The molecule has 0 N–H and O–H groups in total. The SMILES string of the molecule is COC(=O)c1ncn2cc(C)ccc12. The molecular weight excluding hydrogens is 180 g/mol. The van der Waals surface area contributed by atoms with Gasteiger partial charge in [0.25, 0.3) is 0 Å². The zero-order chi connectivity index (χ0) is 10.1. The number of carbonyl (C=O) groups is 1. The summed E-state index contributed by atoms with van der Waals surface area (Å²) >= 11 is 0. The van der Waals surface area contributed by atoms with Crippen molar-refractivity contribution in [3.8, 4) is 0 Å². The van der Waals surface area contributed by atoms with Crippen LogP contribution in [0.5, 0.6) is 0 Å². The number of fused-ring (bicyclic) bond motifs is 1. The Morgan fingerprint density at radius 1 is 1.50 bits per heavy atom. The predicted octanol–water partition coefficient (Wildman–Crippen LogP) is 1.43. The lowest BCUT2D eigenvalue weighted by molar-refractivity contribution is 0.0597. The summed E-state index contributed by atoms with van der Waals surface area (Å²) in [6, 6.07) is 3.79. The van der Waals surface area contributed by atoms with Gasteiger partial charge in [-0.1, -0.05) is 6.07 Å². The second kappa shape index (κ2) is 3.14. The fourth-order valence-electron chi connectivity index (χ4n) is 1.37. The largest absolute Gasteiger partial charge is 0.464 e. The first-order chi connectivity index (χ1) is 6.72. The van der Waals surface area contributed by atoms with Crippen molar-refractivity contribution in [3.05, 3.63) is 35.9 Å². The van der Waals surface area contributed by atoms with Gasteiger partial charge in [0.1, 0.15) is 6.33 Å². The number of methoxy groups -OCH3 is 1. The molecule has 0 radical (unpaired) electrons. The van der Waals surface area contributed by atoms with Crippen LogP contribution in [0, 0.1) is 6.92 Å². The lowest BCUT2D eigenvalue weighted by Crippen LogP contribution is -2.02. The number of rotatable bonds is 1. The molecule has 0 aliphatic carbocycles. The molecule has 0 saturated carbocycles. The molecule has 0 aromatic carbocycles. The minimum Gasteiger partial charge on any atom is -0.464 e. The van der Waals surface area contributed by atoms with Crippen LogP contribution in [0.3, 0.4) is 0 Å². The highest BCUT2D eigenvalue weighted by Gasteiger charge is 2.12. The number of aryl methyl sites for hydroxylation is 1. The van der Waals surface area contributed by atoms with Gasteiger partial charge in [0, 0.05) is 6.20 Å². The van der Waals surface area contributed by atoms with Crippen LogP contribution in [0.1, 0.15) is 16.1 Å². The molecule has 0 saturated heterocycles. The van der Waals surface area contributed by atoms with Crippen LogP contribution >= 0.6 is 0 Å². The van der Waals surface area contributed by atoms with E-state index >= 15 is 0 Å². The van der Waals surface area contributed by atoms with Crippen molar-refractivity contribution in [2.75, 3.05) is 7.11 Å². The molecule has 0 amide bonds. The summed E-state index contributed by atoms with van der Waals surface area (Å²) in [5, 5.41) is 0. The Kier molecular flexibility index (Phi) is 1.96. The Morgan fingerprint density at radius 2 is 2.29 bits per heavy atom. The fraction of sp³-hybridized carbons (Fsp3) is 0.200. The summed E-state index contributed by atoms with van der Waals surface area (Å²) in [5.74, 6) is -0.406. The molecule has 72 valence electrons.